The number of benzene rings is 1. The zero-order chi connectivity index (χ0) is 16.6. The summed E-state index contributed by atoms with van der Waals surface area (Å²) in [5.41, 5.74) is 8.13. The van der Waals surface area contributed by atoms with Crippen molar-refractivity contribution in [1.82, 2.24) is 14.7 Å². The van der Waals surface area contributed by atoms with Crippen molar-refractivity contribution in [2.24, 2.45) is 11.7 Å². The number of carbonyl (C=O) groups excluding carboxylic acids is 1. The van der Waals surface area contributed by atoms with Crippen molar-refractivity contribution in [3.63, 3.8) is 0 Å². The van der Waals surface area contributed by atoms with E-state index in [-0.39, 0.29) is 24.4 Å². The molecule has 2 heterocycles. The van der Waals surface area contributed by atoms with Gasteiger partial charge in [0.25, 0.3) is 5.91 Å². The summed E-state index contributed by atoms with van der Waals surface area (Å²) in [6.07, 6.45) is 0.967. The van der Waals surface area contributed by atoms with Gasteiger partial charge < -0.3 is 10.6 Å². The summed E-state index contributed by atoms with van der Waals surface area (Å²) in [5.74, 6) is 0.385. The molecular formula is C17H22BrClN4O. The maximum absolute atomic E-state index is 12.8. The summed E-state index contributed by atoms with van der Waals surface area (Å²) in [7, 11) is 0. The maximum atomic E-state index is 12.8. The molecule has 24 heavy (non-hydrogen) atoms. The first-order valence-electron chi connectivity index (χ1n) is 7.83. The van der Waals surface area contributed by atoms with Crippen molar-refractivity contribution in [2.75, 3.05) is 13.1 Å². The average molecular weight is 414 g/mol. The second-order valence-corrected chi connectivity index (χ2v) is 7.12. The standard InChI is InChI=1S/C17H21BrN4O.ClH/c1-11-7-13(9-19)10-21(11)17(23)16-8-12(2)22(20-16)15-5-3-14(18)4-6-15;/h3-6,8,11,13H,7,9-10,19H2,1-2H3;1H. The minimum absolute atomic E-state index is 0. The molecule has 1 aromatic heterocycles. The molecule has 1 saturated heterocycles. The lowest BCUT2D eigenvalue weighted by Gasteiger charge is -2.20. The molecule has 1 aromatic carbocycles. The Hall–Kier alpha value is -1.37. The molecule has 2 aromatic rings. The molecule has 0 spiro atoms. The first-order chi connectivity index (χ1) is 11.0. The Morgan fingerprint density at radius 3 is 2.62 bits per heavy atom. The third-order valence-electron chi connectivity index (χ3n) is 4.43. The molecule has 2 N–H and O–H groups in total. The third-order valence-corrected chi connectivity index (χ3v) is 4.96. The number of halogens is 2. The molecular weight excluding hydrogens is 392 g/mol. The van der Waals surface area contributed by atoms with Crippen LogP contribution >= 0.6 is 28.3 Å². The summed E-state index contributed by atoms with van der Waals surface area (Å²) in [6, 6.07) is 9.95. The Kier molecular flexibility index (Phi) is 6.06. The second-order valence-electron chi connectivity index (χ2n) is 6.20. The van der Waals surface area contributed by atoms with E-state index < -0.39 is 0 Å². The maximum Gasteiger partial charge on any atom is 0.274 e. The van der Waals surface area contributed by atoms with Gasteiger partial charge in [0.2, 0.25) is 0 Å². The number of nitrogens with zero attached hydrogens (tertiary/aromatic N) is 3. The number of aryl methyl sites for hydroxylation is 1. The Morgan fingerprint density at radius 1 is 1.38 bits per heavy atom. The lowest BCUT2D eigenvalue weighted by atomic mass is 10.1. The number of hydrogen-bond donors (Lipinski definition) is 1. The van der Waals surface area contributed by atoms with E-state index in [0.717, 1.165) is 28.8 Å². The van der Waals surface area contributed by atoms with Crippen LogP contribution in [-0.2, 0) is 0 Å². The number of amides is 1. The van der Waals surface area contributed by atoms with Gasteiger partial charge in [0.1, 0.15) is 0 Å². The van der Waals surface area contributed by atoms with Gasteiger partial charge in [-0.1, -0.05) is 15.9 Å². The average Bonchev–Trinajstić information content (AvgIpc) is 3.10. The predicted molar refractivity (Wildman–Crippen MR) is 101 cm³/mol. The smallest absolute Gasteiger partial charge is 0.274 e. The van der Waals surface area contributed by atoms with E-state index in [2.05, 4.69) is 28.0 Å². The van der Waals surface area contributed by atoms with Crippen LogP contribution in [0.4, 0.5) is 0 Å². The van der Waals surface area contributed by atoms with Crippen LogP contribution in [0.2, 0.25) is 0 Å². The number of hydrogen-bond acceptors (Lipinski definition) is 3. The molecule has 0 aliphatic carbocycles. The van der Waals surface area contributed by atoms with Crippen LogP contribution in [0.5, 0.6) is 0 Å². The van der Waals surface area contributed by atoms with E-state index >= 15 is 0 Å². The summed E-state index contributed by atoms with van der Waals surface area (Å²) >= 11 is 3.43. The highest BCUT2D eigenvalue weighted by Gasteiger charge is 2.33. The van der Waals surface area contributed by atoms with Crippen molar-refractivity contribution >= 4 is 34.2 Å². The molecule has 1 fully saturated rings. The van der Waals surface area contributed by atoms with Crippen LogP contribution < -0.4 is 5.73 Å². The fraction of sp³-hybridized carbons (Fsp3) is 0.412. The van der Waals surface area contributed by atoms with Gasteiger partial charge in [0, 0.05) is 22.8 Å². The van der Waals surface area contributed by atoms with E-state index in [1.165, 1.54) is 0 Å². The van der Waals surface area contributed by atoms with E-state index in [4.69, 9.17) is 5.73 Å². The van der Waals surface area contributed by atoms with Crippen LogP contribution in [-0.4, -0.2) is 39.7 Å². The van der Waals surface area contributed by atoms with Crippen LogP contribution in [0.25, 0.3) is 5.69 Å². The second kappa shape index (κ2) is 7.68. The molecule has 2 atom stereocenters. The minimum Gasteiger partial charge on any atom is -0.334 e. The molecule has 5 nitrogen and oxygen atoms in total. The topological polar surface area (TPSA) is 64.2 Å². The van der Waals surface area contributed by atoms with Crippen molar-refractivity contribution in [3.05, 3.63) is 46.2 Å². The number of carbonyl (C=O) groups is 1. The molecule has 3 rings (SSSR count). The first kappa shape index (κ1) is 19.0. The van der Waals surface area contributed by atoms with Gasteiger partial charge in [0.05, 0.1) is 5.69 Å². The number of aromatic nitrogens is 2. The van der Waals surface area contributed by atoms with Crippen molar-refractivity contribution in [3.8, 4) is 5.69 Å². The van der Waals surface area contributed by atoms with E-state index in [1.54, 1.807) is 4.68 Å². The van der Waals surface area contributed by atoms with Crippen molar-refractivity contribution < 1.29 is 4.79 Å². The molecule has 0 saturated carbocycles. The van der Waals surface area contributed by atoms with Crippen molar-refractivity contribution in [2.45, 2.75) is 26.3 Å². The van der Waals surface area contributed by atoms with Crippen LogP contribution in [0.1, 0.15) is 29.5 Å². The Bertz CT molecular complexity index is 716. The molecule has 1 aliphatic heterocycles. The van der Waals surface area contributed by atoms with Gasteiger partial charge in [0.15, 0.2) is 5.69 Å². The summed E-state index contributed by atoms with van der Waals surface area (Å²) < 4.78 is 2.82. The van der Waals surface area contributed by atoms with Crippen LogP contribution in [0.3, 0.4) is 0 Å². The van der Waals surface area contributed by atoms with Gasteiger partial charge in [-0.25, -0.2) is 4.68 Å². The largest absolute Gasteiger partial charge is 0.334 e. The molecule has 0 bridgehead atoms. The van der Waals surface area contributed by atoms with Gasteiger partial charge in [-0.2, -0.15) is 5.10 Å². The zero-order valence-electron chi connectivity index (χ0n) is 13.8. The normalized spacial score (nSPS) is 20.1. The highest BCUT2D eigenvalue weighted by atomic mass is 79.9. The van der Waals surface area contributed by atoms with E-state index in [9.17, 15) is 4.79 Å². The predicted octanol–water partition coefficient (Wildman–Crippen LogP) is 3.17. The summed E-state index contributed by atoms with van der Waals surface area (Å²) in [5, 5.41) is 4.52. The lowest BCUT2D eigenvalue weighted by molar-refractivity contribution is 0.0737. The molecule has 130 valence electrons. The molecule has 1 aliphatic rings. The van der Waals surface area contributed by atoms with Gasteiger partial charge in [-0.3, -0.25) is 4.79 Å². The summed E-state index contributed by atoms with van der Waals surface area (Å²) in [4.78, 5) is 14.7. The van der Waals surface area contributed by atoms with Crippen molar-refractivity contribution in [1.29, 1.82) is 0 Å². The SMILES string of the molecule is Cc1cc(C(=O)N2CC(CN)CC2C)nn1-c1ccc(Br)cc1.Cl. The third kappa shape index (κ3) is 3.66. The Morgan fingerprint density at radius 2 is 2.04 bits per heavy atom. The molecule has 0 radical (unpaired) electrons. The highest BCUT2D eigenvalue weighted by molar-refractivity contribution is 9.10. The number of nitrogens with two attached hydrogens (primary N) is 1. The van der Waals surface area contributed by atoms with E-state index in [0.29, 0.717) is 18.2 Å². The highest BCUT2D eigenvalue weighted by Crippen LogP contribution is 2.24. The number of likely N-dealkylation sites (tertiary alicyclic amines) is 1. The van der Waals surface area contributed by atoms with Gasteiger partial charge in [-0.05, 0) is 63.1 Å². The zero-order valence-corrected chi connectivity index (χ0v) is 16.2. The Balaban J connectivity index is 0.00000208. The van der Waals surface area contributed by atoms with Crippen LogP contribution in [0, 0.1) is 12.8 Å². The van der Waals surface area contributed by atoms with Gasteiger partial charge in [-0.15, -0.1) is 12.4 Å². The fourth-order valence-corrected chi connectivity index (χ4v) is 3.43. The minimum atomic E-state index is -0.00703. The molecule has 1 amide bonds. The first-order valence-corrected chi connectivity index (χ1v) is 8.62. The fourth-order valence-electron chi connectivity index (χ4n) is 3.17. The van der Waals surface area contributed by atoms with Crippen LogP contribution in [0.15, 0.2) is 34.8 Å². The summed E-state index contributed by atoms with van der Waals surface area (Å²) in [6.45, 7) is 5.38. The Labute approximate surface area is 156 Å². The molecule has 2 unspecified atom stereocenters. The lowest BCUT2D eigenvalue weighted by Crippen LogP contribution is -2.34. The monoisotopic (exact) mass is 412 g/mol. The van der Waals surface area contributed by atoms with Gasteiger partial charge >= 0.3 is 0 Å². The quantitative estimate of drug-likeness (QED) is 0.840. The number of rotatable bonds is 3. The van der Waals surface area contributed by atoms with E-state index in [1.807, 2.05) is 42.2 Å². The molecule has 7 heteroatoms.